The fourth-order valence-corrected chi connectivity index (χ4v) is 2.88. The summed E-state index contributed by atoms with van der Waals surface area (Å²) in [5, 5.41) is 6.01. The number of benzene rings is 2. The lowest BCUT2D eigenvalue weighted by molar-refractivity contribution is 0.102. The molecule has 29 heavy (non-hydrogen) atoms. The molecule has 1 aliphatic rings. The minimum atomic E-state index is -0.262. The van der Waals surface area contributed by atoms with Crippen molar-refractivity contribution in [1.29, 1.82) is 0 Å². The normalized spacial score (nSPS) is 11.7. The van der Waals surface area contributed by atoms with Gasteiger partial charge >= 0.3 is 0 Å². The van der Waals surface area contributed by atoms with Gasteiger partial charge in [0.15, 0.2) is 23.0 Å². The van der Waals surface area contributed by atoms with Crippen LogP contribution in [0.1, 0.15) is 10.4 Å². The zero-order chi connectivity index (χ0) is 20.2. The summed E-state index contributed by atoms with van der Waals surface area (Å²) in [7, 11) is 3.15. The number of nitrogens with zero attached hydrogens (tertiary/aromatic N) is 1. The molecule has 1 amide bonds. The van der Waals surface area contributed by atoms with Crippen molar-refractivity contribution in [3.63, 3.8) is 0 Å². The molecule has 0 radical (unpaired) electrons. The van der Waals surface area contributed by atoms with Crippen LogP contribution in [0.5, 0.6) is 23.0 Å². The summed E-state index contributed by atoms with van der Waals surface area (Å²) < 4.78 is 21.2. The number of aromatic nitrogens is 1. The molecule has 0 saturated heterocycles. The van der Waals surface area contributed by atoms with Crippen molar-refractivity contribution >= 4 is 23.1 Å². The summed E-state index contributed by atoms with van der Waals surface area (Å²) in [6, 6.07) is 14.0. The van der Waals surface area contributed by atoms with E-state index in [1.54, 1.807) is 62.9 Å². The third kappa shape index (κ3) is 4.01. The summed E-state index contributed by atoms with van der Waals surface area (Å²) >= 11 is 0. The highest BCUT2D eigenvalue weighted by atomic mass is 16.7. The Morgan fingerprint density at radius 1 is 0.931 bits per heavy atom. The van der Waals surface area contributed by atoms with Gasteiger partial charge in [-0.1, -0.05) is 0 Å². The molecule has 2 N–H and O–H groups in total. The number of carbonyl (C=O) groups is 1. The monoisotopic (exact) mass is 393 g/mol. The van der Waals surface area contributed by atoms with Crippen LogP contribution in [-0.2, 0) is 0 Å². The molecular weight excluding hydrogens is 374 g/mol. The number of carbonyl (C=O) groups excluding carboxylic acids is 1. The smallest absolute Gasteiger partial charge is 0.255 e. The van der Waals surface area contributed by atoms with Gasteiger partial charge in [-0.3, -0.25) is 4.79 Å². The molecule has 1 aliphatic heterocycles. The quantitative estimate of drug-likeness (QED) is 0.658. The number of hydrogen-bond donors (Lipinski definition) is 2. The van der Waals surface area contributed by atoms with Crippen molar-refractivity contribution in [2.75, 3.05) is 31.6 Å². The van der Waals surface area contributed by atoms with Crippen LogP contribution in [0.15, 0.2) is 54.7 Å². The Balaban J connectivity index is 1.49. The number of anilines is 3. The minimum absolute atomic E-state index is 0.183. The number of methoxy groups -OCH3 is 2. The fraction of sp³-hybridized carbons (Fsp3) is 0.143. The van der Waals surface area contributed by atoms with Gasteiger partial charge < -0.3 is 29.6 Å². The van der Waals surface area contributed by atoms with Crippen LogP contribution < -0.4 is 29.6 Å². The van der Waals surface area contributed by atoms with Gasteiger partial charge in [0.25, 0.3) is 5.91 Å². The topological polar surface area (TPSA) is 90.9 Å². The minimum Gasteiger partial charge on any atom is -0.493 e. The number of nitrogens with one attached hydrogen (secondary N) is 2. The van der Waals surface area contributed by atoms with E-state index in [9.17, 15) is 4.79 Å². The molecule has 3 aromatic rings. The van der Waals surface area contributed by atoms with Gasteiger partial charge in [0.2, 0.25) is 6.79 Å². The maximum Gasteiger partial charge on any atom is 0.255 e. The number of amides is 1. The van der Waals surface area contributed by atoms with Crippen LogP contribution in [0, 0.1) is 0 Å². The Kier molecular flexibility index (Phi) is 5.07. The van der Waals surface area contributed by atoms with Gasteiger partial charge in [0.05, 0.1) is 14.2 Å². The standard InChI is InChI=1S/C21H19N3O5/c1-26-16-5-3-14(10-18(16)27-2)23-20-9-13(7-8-22-20)21(25)24-15-4-6-17-19(11-15)29-12-28-17/h3-11H,12H2,1-2H3,(H,22,23)(H,24,25). The van der Waals surface area contributed by atoms with Gasteiger partial charge in [0, 0.05) is 35.3 Å². The number of rotatable bonds is 6. The van der Waals surface area contributed by atoms with Gasteiger partial charge in [-0.2, -0.15) is 0 Å². The summed E-state index contributed by atoms with van der Waals surface area (Å²) in [4.78, 5) is 16.9. The van der Waals surface area contributed by atoms with Crippen molar-refractivity contribution in [3.05, 3.63) is 60.3 Å². The Labute approximate surface area is 167 Å². The first kappa shape index (κ1) is 18.4. The Bertz CT molecular complexity index is 1050. The predicted octanol–water partition coefficient (Wildman–Crippen LogP) is 3.82. The van der Waals surface area contributed by atoms with Crippen LogP contribution in [-0.4, -0.2) is 31.9 Å². The molecule has 0 saturated carbocycles. The first-order valence-corrected chi connectivity index (χ1v) is 8.82. The number of pyridine rings is 1. The molecule has 8 nitrogen and oxygen atoms in total. The van der Waals surface area contributed by atoms with Gasteiger partial charge in [0.1, 0.15) is 5.82 Å². The molecule has 0 unspecified atom stereocenters. The average Bonchev–Trinajstić information content (AvgIpc) is 3.21. The lowest BCUT2D eigenvalue weighted by atomic mass is 10.2. The zero-order valence-electron chi connectivity index (χ0n) is 15.9. The Morgan fingerprint density at radius 2 is 1.72 bits per heavy atom. The van der Waals surface area contributed by atoms with Crippen LogP contribution >= 0.6 is 0 Å². The molecule has 2 aromatic carbocycles. The summed E-state index contributed by atoms with van der Waals surface area (Å²) in [5.74, 6) is 2.75. The maximum atomic E-state index is 12.6. The van der Waals surface area contributed by atoms with Crippen molar-refractivity contribution in [2.24, 2.45) is 0 Å². The molecule has 148 valence electrons. The van der Waals surface area contributed by atoms with Crippen molar-refractivity contribution in [1.82, 2.24) is 4.98 Å². The highest BCUT2D eigenvalue weighted by Crippen LogP contribution is 2.34. The van der Waals surface area contributed by atoms with E-state index < -0.39 is 0 Å². The van der Waals surface area contributed by atoms with Gasteiger partial charge in [-0.15, -0.1) is 0 Å². The van der Waals surface area contributed by atoms with E-state index in [-0.39, 0.29) is 12.7 Å². The number of fused-ring (bicyclic) bond motifs is 1. The third-order valence-corrected chi connectivity index (χ3v) is 4.31. The average molecular weight is 393 g/mol. The SMILES string of the molecule is COc1ccc(Nc2cc(C(=O)Nc3ccc4c(c3)OCO4)ccn2)cc1OC. The molecule has 0 aliphatic carbocycles. The molecule has 0 spiro atoms. The summed E-state index contributed by atoms with van der Waals surface area (Å²) in [5.41, 5.74) is 1.83. The van der Waals surface area contributed by atoms with E-state index in [1.807, 2.05) is 6.07 Å². The largest absolute Gasteiger partial charge is 0.493 e. The van der Waals surface area contributed by atoms with Crippen molar-refractivity contribution in [2.45, 2.75) is 0 Å². The maximum absolute atomic E-state index is 12.6. The first-order valence-electron chi connectivity index (χ1n) is 8.82. The van der Waals surface area contributed by atoms with Gasteiger partial charge in [-0.25, -0.2) is 4.98 Å². The molecule has 8 heteroatoms. The summed E-state index contributed by atoms with van der Waals surface area (Å²) in [6.45, 7) is 0.183. The molecule has 0 fully saturated rings. The van der Waals surface area contributed by atoms with E-state index in [2.05, 4.69) is 15.6 Å². The van der Waals surface area contributed by atoms with Crippen LogP contribution in [0.2, 0.25) is 0 Å². The lowest BCUT2D eigenvalue weighted by Crippen LogP contribution is -2.12. The van der Waals surface area contributed by atoms with E-state index in [0.29, 0.717) is 40.1 Å². The first-order chi connectivity index (χ1) is 14.2. The molecule has 1 aromatic heterocycles. The van der Waals surface area contributed by atoms with Crippen LogP contribution in [0.4, 0.5) is 17.2 Å². The van der Waals surface area contributed by atoms with Crippen LogP contribution in [0.3, 0.4) is 0 Å². The second-order valence-corrected chi connectivity index (χ2v) is 6.15. The Morgan fingerprint density at radius 3 is 2.55 bits per heavy atom. The zero-order valence-corrected chi connectivity index (χ0v) is 15.9. The lowest BCUT2D eigenvalue weighted by Gasteiger charge is -2.11. The molecular formula is C21H19N3O5. The number of ether oxygens (including phenoxy) is 4. The van der Waals surface area contributed by atoms with Crippen molar-refractivity contribution < 1.29 is 23.7 Å². The highest BCUT2D eigenvalue weighted by molar-refractivity contribution is 6.04. The molecule has 0 atom stereocenters. The van der Waals surface area contributed by atoms with E-state index in [1.165, 1.54) is 0 Å². The fourth-order valence-electron chi connectivity index (χ4n) is 2.88. The van der Waals surface area contributed by atoms with Crippen molar-refractivity contribution in [3.8, 4) is 23.0 Å². The molecule has 4 rings (SSSR count). The number of hydrogen-bond acceptors (Lipinski definition) is 7. The van der Waals surface area contributed by atoms with Gasteiger partial charge in [-0.05, 0) is 36.4 Å². The van der Waals surface area contributed by atoms with Crippen LogP contribution in [0.25, 0.3) is 0 Å². The Hall–Kier alpha value is -3.94. The third-order valence-electron chi connectivity index (χ3n) is 4.31. The second-order valence-electron chi connectivity index (χ2n) is 6.15. The van der Waals surface area contributed by atoms with E-state index in [4.69, 9.17) is 18.9 Å². The second kappa shape index (κ2) is 7.97. The highest BCUT2D eigenvalue weighted by Gasteiger charge is 2.15. The molecule has 0 bridgehead atoms. The van der Waals surface area contributed by atoms with E-state index in [0.717, 1.165) is 5.69 Å². The predicted molar refractivity (Wildman–Crippen MR) is 108 cm³/mol. The molecule has 2 heterocycles. The van der Waals surface area contributed by atoms with E-state index >= 15 is 0 Å². The summed E-state index contributed by atoms with van der Waals surface area (Å²) in [6.07, 6.45) is 1.57.